The van der Waals surface area contributed by atoms with Crippen LogP contribution in [0.15, 0.2) is 30.3 Å². The molecule has 0 aromatic heterocycles. The Morgan fingerprint density at radius 1 is 1.17 bits per heavy atom. The smallest absolute Gasteiger partial charge is 0.329 e. The van der Waals surface area contributed by atoms with Gasteiger partial charge in [-0.3, -0.25) is 14.4 Å². The highest BCUT2D eigenvalue weighted by atomic mass is 16.5. The Labute approximate surface area is 170 Å². The van der Waals surface area contributed by atoms with E-state index in [9.17, 15) is 19.2 Å². The fourth-order valence-electron chi connectivity index (χ4n) is 3.33. The second-order valence-corrected chi connectivity index (χ2v) is 7.56. The maximum atomic E-state index is 12.5. The van der Waals surface area contributed by atoms with E-state index >= 15 is 0 Å². The van der Waals surface area contributed by atoms with Crippen molar-refractivity contribution in [2.75, 3.05) is 13.2 Å². The van der Waals surface area contributed by atoms with Gasteiger partial charge in [0.1, 0.15) is 12.1 Å². The molecule has 2 rings (SSSR count). The maximum absolute atomic E-state index is 12.5. The van der Waals surface area contributed by atoms with E-state index < -0.39 is 36.5 Å². The normalized spacial score (nSPS) is 17.5. The van der Waals surface area contributed by atoms with Crippen molar-refractivity contribution >= 4 is 23.7 Å². The first-order chi connectivity index (χ1) is 13.8. The number of likely N-dealkylation sites (tertiary alicyclic amines) is 1. The molecule has 1 saturated heterocycles. The van der Waals surface area contributed by atoms with Gasteiger partial charge >= 0.3 is 5.97 Å². The highest BCUT2D eigenvalue weighted by Crippen LogP contribution is 2.17. The summed E-state index contributed by atoms with van der Waals surface area (Å²) < 4.78 is 5.16. The highest BCUT2D eigenvalue weighted by Gasteiger charge is 2.32. The number of nitrogens with zero attached hydrogens (tertiary/aromatic N) is 1. The Morgan fingerprint density at radius 3 is 2.48 bits per heavy atom. The van der Waals surface area contributed by atoms with Gasteiger partial charge in [-0.2, -0.15) is 0 Å². The average molecular weight is 403 g/mol. The summed E-state index contributed by atoms with van der Waals surface area (Å²) in [6, 6.07) is 7.65. The van der Waals surface area contributed by atoms with Crippen molar-refractivity contribution in [2.45, 2.75) is 51.6 Å². The molecule has 0 aliphatic carbocycles. The van der Waals surface area contributed by atoms with Crippen molar-refractivity contribution in [3.05, 3.63) is 35.9 Å². The average Bonchev–Trinajstić information content (AvgIpc) is 2.70. The number of carbonyl (C=O) groups is 4. The summed E-state index contributed by atoms with van der Waals surface area (Å²) in [7, 11) is 0. The van der Waals surface area contributed by atoms with Gasteiger partial charge in [0.2, 0.25) is 11.8 Å². The molecule has 1 aromatic carbocycles. The molecule has 1 aliphatic heterocycles. The van der Waals surface area contributed by atoms with E-state index in [1.807, 2.05) is 30.3 Å². The van der Waals surface area contributed by atoms with Crippen molar-refractivity contribution in [1.29, 1.82) is 0 Å². The summed E-state index contributed by atoms with van der Waals surface area (Å²) in [5.74, 6) is -2.21. The first kappa shape index (κ1) is 22.4. The van der Waals surface area contributed by atoms with E-state index in [1.54, 1.807) is 13.8 Å². The van der Waals surface area contributed by atoms with Crippen LogP contribution in [-0.2, 0) is 30.3 Å². The third-order valence-electron chi connectivity index (χ3n) is 4.93. The number of nitrogens with one attached hydrogen (secondary N) is 1. The largest absolute Gasteiger partial charge is 0.454 e. The summed E-state index contributed by atoms with van der Waals surface area (Å²) in [4.78, 5) is 50.1. The molecule has 0 spiro atoms. The number of esters is 1. The lowest BCUT2D eigenvalue weighted by atomic mass is 10.0. The predicted molar refractivity (Wildman–Crippen MR) is 106 cm³/mol. The Bertz CT molecular complexity index is 735. The lowest BCUT2D eigenvalue weighted by Gasteiger charge is -2.33. The van der Waals surface area contributed by atoms with Gasteiger partial charge in [0.15, 0.2) is 6.61 Å². The molecule has 1 heterocycles. The van der Waals surface area contributed by atoms with Crippen LogP contribution in [0, 0.1) is 5.92 Å². The van der Waals surface area contributed by atoms with Crippen LogP contribution in [0.3, 0.4) is 0 Å². The topological polar surface area (TPSA) is 119 Å². The third kappa shape index (κ3) is 6.58. The monoisotopic (exact) mass is 403 g/mol. The van der Waals surface area contributed by atoms with Gasteiger partial charge in [0.25, 0.3) is 5.91 Å². The minimum atomic E-state index is -0.868. The Kier molecular flexibility index (Phi) is 8.18. The summed E-state index contributed by atoms with van der Waals surface area (Å²) in [6.45, 7) is 3.49. The van der Waals surface area contributed by atoms with Gasteiger partial charge in [0.05, 0.1) is 6.42 Å². The van der Waals surface area contributed by atoms with E-state index in [4.69, 9.17) is 10.5 Å². The lowest BCUT2D eigenvalue weighted by molar-refractivity contribution is -0.157. The standard InChI is InChI=1S/C21H29N3O5/c1-14(2)19(23-17(25)12-15-8-4-3-5-9-15)21(28)29-13-18(26)24-11-7-6-10-16(24)20(22)27/h3-5,8-9,14,16,19H,6-7,10-13H2,1-2H3,(H2,22,27)(H,23,25)/t16-,19-/m0/s1. The van der Waals surface area contributed by atoms with E-state index in [0.29, 0.717) is 13.0 Å². The summed E-state index contributed by atoms with van der Waals surface area (Å²) in [5.41, 5.74) is 6.20. The van der Waals surface area contributed by atoms with Crippen LogP contribution in [-0.4, -0.2) is 53.8 Å². The second kappa shape index (κ2) is 10.6. The van der Waals surface area contributed by atoms with Crippen molar-refractivity contribution in [2.24, 2.45) is 11.7 Å². The molecule has 1 aromatic rings. The number of hydrogen-bond acceptors (Lipinski definition) is 5. The van der Waals surface area contributed by atoms with Crippen molar-refractivity contribution in [3.8, 4) is 0 Å². The summed E-state index contributed by atoms with van der Waals surface area (Å²) in [5, 5.41) is 2.68. The molecule has 2 atom stereocenters. The van der Waals surface area contributed by atoms with Gasteiger partial charge in [-0.1, -0.05) is 44.2 Å². The van der Waals surface area contributed by atoms with E-state index in [1.165, 1.54) is 4.90 Å². The van der Waals surface area contributed by atoms with E-state index in [2.05, 4.69) is 5.32 Å². The number of hydrogen-bond donors (Lipinski definition) is 2. The molecule has 3 N–H and O–H groups in total. The van der Waals surface area contributed by atoms with Gasteiger partial charge < -0.3 is 20.7 Å². The first-order valence-corrected chi connectivity index (χ1v) is 9.88. The third-order valence-corrected chi connectivity index (χ3v) is 4.93. The first-order valence-electron chi connectivity index (χ1n) is 9.88. The van der Waals surface area contributed by atoms with E-state index in [0.717, 1.165) is 18.4 Å². The van der Waals surface area contributed by atoms with Crippen molar-refractivity contribution in [3.63, 3.8) is 0 Å². The molecule has 0 radical (unpaired) electrons. The van der Waals surface area contributed by atoms with Gasteiger partial charge in [-0.25, -0.2) is 4.79 Å². The number of primary amides is 1. The molecule has 0 unspecified atom stereocenters. The van der Waals surface area contributed by atoms with Crippen LogP contribution in [0.5, 0.6) is 0 Å². The molecular formula is C21H29N3O5. The number of rotatable bonds is 8. The molecule has 0 bridgehead atoms. The molecule has 1 aliphatic rings. The highest BCUT2D eigenvalue weighted by molar-refractivity contribution is 5.89. The zero-order valence-electron chi connectivity index (χ0n) is 16.9. The van der Waals surface area contributed by atoms with Crippen LogP contribution in [0.2, 0.25) is 0 Å². The molecular weight excluding hydrogens is 374 g/mol. The van der Waals surface area contributed by atoms with Crippen molar-refractivity contribution in [1.82, 2.24) is 10.2 Å². The minimum absolute atomic E-state index is 0.143. The fourth-order valence-corrected chi connectivity index (χ4v) is 3.33. The molecule has 3 amide bonds. The molecule has 1 fully saturated rings. The summed E-state index contributed by atoms with van der Waals surface area (Å²) >= 11 is 0. The zero-order valence-corrected chi connectivity index (χ0v) is 16.9. The van der Waals surface area contributed by atoms with Gasteiger partial charge in [-0.15, -0.1) is 0 Å². The molecule has 8 nitrogen and oxygen atoms in total. The van der Waals surface area contributed by atoms with Gasteiger partial charge in [-0.05, 0) is 30.7 Å². The SMILES string of the molecule is CC(C)[C@H](NC(=O)Cc1ccccc1)C(=O)OCC(=O)N1CCCC[C@H]1C(N)=O. The Morgan fingerprint density at radius 2 is 1.86 bits per heavy atom. The molecule has 158 valence electrons. The van der Waals surface area contributed by atoms with Gasteiger partial charge in [0, 0.05) is 6.54 Å². The predicted octanol–water partition coefficient (Wildman–Crippen LogP) is 0.780. The quantitative estimate of drug-likeness (QED) is 0.622. The Hall–Kier alpha value is -2.90. The Balaban J connectivity index is 1.90. The number of amides is 3. The number of benzene rings is 1. The zero-order chi connectivity index (χ0) is 21.4. The molecule has 8 heteroatoms. The number of nitrogens with two attached hydrogens (primary N) is 1. The van der Waals surface area contributed by atoms with Crippen LogP contribution in [0.1, 0.15) is 38.7 Å². The van der Waals surface area contributed by atoms with Crippen molar-refractivity contribution < 1.29 is 23.9 Å². The van der Waals surface area contributed by atoms with Crippen LogP contribution < -0.4 is 11.1 Å². The van der Waals surface area contributed by atoms with Crippen LogP contribution >= 0.6 is 0 Å². The number of piperidine rings is 1. The lowest BCUT2D eigenvalue weighted by Crippen LogP contribution is -2.52. The molecule has 29 heavy (non-hydrogen) atoms. The van der Waals surface area contributed by atoms with E-state index in [-0.39, 0.29) is 18.2 Å². The maximum Gasteiger partial charge on any atom is 0.329 e. The summed E-state index contributed by atoms with van der Waals surface area (Å²) in [6.07, 6.45) is 2.25. The molecule has 0 saturated carbocycles. The fraction of sp³-hybridized carbons (Fsp3) is 0.524. The number of carbonyl (C=O) groups excluding carboxylic acids is 4. The van der Waals surface area contributed by atoms with Crippen LogP contribution in [0.4, 0.5) is 0 Å². The van der Waals surface area contributed by atoms with Crippen LogP contribution in [0.25, 0.3) is 0 Å². The number of ether oxygens (including phenoxy) is 1. The minimum Gasteiger partial charge on any atom is -0.454 e. The second-order valence-electron chi connectivity index (χ2n) is 7.56.